The number of nitrogens with one attached hydrogen (secondary N) is 1. The van der Waals surface area contributed by atoms with Crippen LogP contribution in [0.1, 0.15) is 194 Å². The van der Waals surface area contributed by atoms with Crippen LogP contribution >= 0.6 is 0 Å². The van der Waals surface area contributed by atoms with Gasteiger partial charge in [-0.05, 0) is 32.5 Å². The highest BCUT2D eigenvalue weighted by Crippen LogP contribution is 2.14. The molecule has 0 aromatic heterocycles. The van der Waals surface area contributed by atoms with Gasteiger partial charge in [-0.15, -0.1) is 0 Å². The van der Waals surface area contributed by atoms with Gasteiger partial charge in [0.2, 0.25) is 0 Å². The standard InChI is InChI=1S/C20H43N.C13H29N/c1-3-5-6-7-8-9-10-11-12-13-14-15-16-17-18-19-20-21-4-2;1-2-3-4-5-6-7-8-9-10-11-12-13-14/h21H,3-20H2,1-2H3;2-14H2,1H3. The molecular weight excluding hydrogens is 424 g/mol. The first-order chi connectivity index (χ1) is 17.3. The van der Waals surface area contributed by atoms with E-state index in [9.17, 15) is 0 Å². The van der Waals surface area contributed by atoms with Gasteiger partial charge in [0, 0.05) is 0 Å². The predicted octanol–water partition coefficient (Wildman–Crippen LogP) is 11.1. The molecule has 0 saturated carbocycles. The lowest BCUT2D eigenvalue weighted by Gasteiger charge is -2.04. The first-order valence-electron chi connectivity index (χ1n) is 16.7. The molecule has 0 heterocycles. The average molecular weight is 497 g/mol. The van der Waals surface area contributed by atoms with E-state index in [1.165, 1.54) is 180 Å². The fourth-order valence-electron chi connectivity index (χ4n) is 4.78. The van der Waals surface area contributed by atoms with Crippen molar-refractivity contribution in [2.45, 2.75) is 194 Å². The molecule has 0 bridgehead atoms. The summed E-state index contributed by atoms with van der Waals surface area (Å²) in [5.74, 6) is 0. The molecule has 214 valence electrons. The summed E-state index contributed by atoms with van der Waals surface area (Å²) in [5, 5.41) is 3.40. The van der Waals surface area contributed by atoms with Gasteiger partial charge >= 0.3 is 0 Å². The smallest absolute Gasteiger partial charge is 0.00490 e. The van der Waals surface area contributed by atoms with Gasteiger partial charge in [-0.25, -0.2) is 0 Å². The van der Waals surface area contributed by atoms with Crippen molar-refractivity contribution in [3.8, 4) is 0 Å². The van der Waals surface area contributed by atoms with Crippen molar-refractivity contribution in [3.05, 3.63) is 0 Å². The Morgan fingerprint density at radius 2 is 0.600 bits per heavy atom. The van der Waals surface area contributed by atoms with E-state index in [4.69, 9.17) is 5.73 Å². The normalized spacial score (nSPS) is 11.0. The molecule has 0 spiro atoms. The zero-order valence-electron chi connectivity index (χ0n) is 25.3. The van der Waals surface area contributed by atoms with Gasteiger partial charge in [-0.1, -0.05) is 181 Å². The molecule has 0 unspecified atom stereocenters. The molecule has 0 fully saturated rings. The first kappa shape index (κ1) is 37.1. The van der Waals surface area contributed by atoms with Crippen LogP contribution in [0.3, 0.4) is 0 Å². The van der Waals surface area contributed by atoms with Gasteiger partial charge in [0.1, 0.15) is 0 Å². The summed E-state index contributed by atoms with van der Waals surface area (Å²) in [6.07, 6.45) is 38.7. The summed E-state index contributed by atoms with van der Waals surface area (Å²) >= 11 is 0. The Morgan fingerprint density at radius 3 is 0.857 bits per heavy atom. The third-order valence-corrected chi connectivity index (χ3v) is 7.26. The number of unbranched alkanes of at least 4 members (excludes halogenated alkanes) is 25. The fourth-order valence-corrected chi connectivity index (χ4v) is 4.78. The van der Waals surface area contributed by atoms with Crippen molar-refractivity contribution in [2.75, 3.05) is 19.6 Å². The van der Waals surface area contributed by atoms with E-state index in [1.807, 2.05) is 0 Å². The molecule has 0 rings (SSSR count). The van der Waals surface area contributed by atoms with Crippen LogP contribution in [0.25, 0.3) is 0 Å². The number of hydrogen-bond donors (Lipinski definition) is 2. The summed E-state index contributed by atoms with van der Waals surface area (Å²) in [6.45, 7) is 9.97. The molecule has 0 atom stereocenters. The van der Waals surface area contributed by atoms with E-state index >= 15 is 0 Å². The maximum absolute atomic E-state index is 5.44. The zero-order chi connectivity index (χ0) is 25.9. The second-order valence-electron chi connectivity index (χ2n) is 11.0. The van der Waals surface area contributed by atoms with Crippen molar-refractivity contribution in [1.82, 2.24) is 5.32 Å². The SMILES string of the molecule is CCCCCCCCCCCCCCCCCCNCC.CCCCCCCCCCCCCN. The molecule has 35 heavy (non-hydrogen) atoms. The van der Waals surface area contributed by atoms with Gasteiger partial charge in [0.15, 0.2) is 0 Å². The highest BCUT2D eigenvalue weighted by atomic mass is 14.8. The van der Waals surface area contributed by atoms with Crippen LogP contribution in [0.15, 0.2) is 0 Å². The van der Waals surface area contributed by atoms with E-state index in [1.54, 1.807) is 0 Å². The van der Waals surface area contributed by atoms with Gasteiger partial charge in [0.05, 0.1) is 0 Å². The van der Waals surface area contributed by atoms with Gasteiger partial charge < -0.3 is 11.1 Å². The molecule has 2 heteroatoms. The minimum atomic E-state index is 0.872. The Balaban J connectivity index is 0. The molecular formula is C33H72N2. The minimum Gasteiger partial charge on any atom is -0.330 e. The molecule has 0 saturated heterocycles. The highest BCUT2D eigenvalue weighted by molar-refractivity contribution is 4.51. The highest BCUT2D eigenvalue weighted by Gasteiger charge is 1.95. The van der Waals surface area contributed by atoms with Crippen molar-refractivity contribution in [2.24, 2.45) is 5.73 Å². The minimum absolute atomic E-state index is 0.872. The van der Waals surface area contributed by atoms with Crippen LogP contribution in [0, 0.1) is 0 Å². The number of rotatable bonds is 29. The largest absolute Gasteiger partial charge is 0.330 e. The van der Waals surface area contributed by atoms with Crippen LogP contribution in [-0.2, 0) is 0 Å². The topological polar surface area (TPSA) is 38.0 Å². The summed E-state index contributed by atoms with van der Waals surface area (Å²) in [5.41, 5.74) is 5.44. The number of hydrogen-bond acceptors (Lipinski definition) is 2. The summed E-state index contributed by atoms with van der Waals surface area (Å²) in [6, 6.07) is 0. The summed E-state index contributed by atoms with van der Waals surface area (Å²) in [7, 11) is 0. The third kappa shape index (κ3) is 41.3. The Labute approximate surface area is 224 Å². The molecule has 0 amide bonds. The Morgan fingerprint density at radius 1 is 0.343 bits per heavy atom. The Bertz CT molecular complexity index is 288. The Hall–Kier alpha value is -0.0800. The van der Waals surface area contributed by atoms with E-state index in [2.05, 4.69) is 26.1 Å². The quantitative estimate of drug-likeness (QED) is 0.101. The lowest BCUT2D eigenvalue weighted by Crippen LogP contribution is -2.13. The van der Waals surface area contributed by atoms with E-state index in [0.29, 0.717) is 0 Å². The molecule has 0 aliphatic carbocycles. The Kier molecular flexibility index (Phi) is 40.7. The third-order valence-electron chi connectivity index (χ3n) is 7.26. The van der Waals surface area contributed by atoms with Gasteiger partial charge in [-0.2, -0.15) is 0 Å². The first-order valence-corrected chi connectivity index (χ1v) is 16.7. The monoisotopic (exact) mass is 497 g/mol. The second-order valence-corrected chi connectivity index (χ2v) is 11.0. The van der Waals surface area contributed by atoms with E-state index in [-0.39, 0.29) is 0 Å². The van der Waals surface area contributed by atoms with Crippen molar-refractivity contribution >= 4 is 0 Å². The maximum Gasteiger partial charge on any atom is -0.00490 e. The summed E-state index contributed by atoms with van der Waals surface area (Å²) in [4.78, 5) is 0. The zero-order valence-corrected chi connectivity index (χ0v) is 25.3. The lowest BCUT2D eigenvalue weighted by atomic mass is 10.0. The van der Waals surface area contributed by atoms with Crippen LogP contribution in [0.5, 0.6) is 0 Å². The van der Waals surface area contributed by atoms with E-state index < -0.39 is 0 Å². The van der Waals surface area contributed by atoms with Crippen LogP contribution < -0.4 is 11.1 Å². The van der Waals surface area contributed by atoms with E-state index in [0.717, 1.165) is 13.1 Å². The van der Waals surface area contributed by atoms with Gasteiger partial charge in [-0.3, -0.25) is 0 Å². The van der Waals surface area contributed by atoms with Crippen LogP contribution in [0.2, 0.25) is 0 Å². The molecule has 0 aromatic rings. The fraction of sp³-hybridized carbons (Fsp3) is 1.00. The maximum atomic E-state index is 5.44. The van der Waals surface area contributed by atoms with Crippen LogP contribution in [-0.4, -0.2) is 19.6 Å². The molecule has 0 radical (unpaired) electrons. The second kappa shape index (κ2) is 38.5. The lowest BCUT2D eigenvalue weighted by molar-refractivity contribution is 0.526. The molecule has 3 N–H and O–H groups in total. The predicted molar refractivity (Wildman–Crippen MR) is 164 cm³/mol. The summed E-state index contributed by atoms with van der Waals surface area (Å²) < 4.78 is 0. The van der Waals surface area contributed by atoms with Gasteiger partial charge in [0.25, 0.3) is 0 Å². The van der Waals surface area contributed by atoms with Crippen molar-refractivity contribution < 1.29 is 0 Å². The molecule has 0 aliphatic rings. The number of nitrogens with two attached hydrogens (primary N) is 1. The van der Waals surface area contributed by atoms with Crippen LogP contribution in [0.4, 0.5) is 0 Å². The molecule has 0 aliphatic heterocycles. The average Bonchev–Trinajstić information content (AvgIpc) is 2.87. The van der Waals surface area contributed by atoms with Crippen molar-refractivity contribution in [3.63, 3.8) is 0 Å². The molecule has 0 aromatic carbocycles. The molecule has 2 nitrogen and oxygen atoms in total. The van der Waals surface area contributed by atoms with Crippen molar-refractivity contribution in [1.29, 1.82) is 0 Å².